The van der Waals surface area contributed by atoms with Crippen molar-refractivity contribution in [3.05, 3.63) is 30.2 Å². The Kier molecular flexibility index (Phi) is 4.80. The molecule has 0 atom stereocenters. The average molecular weight is 344 g/mol. The molecular weight excluding hydrogens is 320 g/mol. The first-order valence-electron chi connectivity index (χ1n) is 8.81. The SMILES string of the molecule is Cc1cnc(CN2CCN(c3cc(N4CCOCC4)ncn3)CC2)o1. The predicted octanol–water partition coefficient (Wildman–Crippen LogP) is 0.932. The van der Waals surface area contributed by atoms with E-state index in [0.29, 0.717) is 0 Å². The molecule has 0 N–H and O–H groups in total. The van der Waals surface area contributed by atoms with Gasteiger partial charge >= 0.3 is 0 Å². The summed E-state index contributed by atoms with van der Waals surface area (Å²) < 4.78 is 11.0. The minimum Gasteiger partial charge on any atom is -0.445 e. The van der Waals surface area contributed by atoms with Gasteiger partial charge in [-0.2, -0.15) is 0 Å². The number of rotatable bonds is 4. The van der Waals surface area contributed by atoms with E-state index in [2.05, 4.69) is 35.7 Å². The maximum Gasteiger partial charge on any atom is 0.208 e. The summed E-state index contributed by atoms with van der Waals surface area (Å²) in [4.78, 5) is 20.2. The Morgan fingerprint density at radius 1 is 0.920 bits per heavy atom. The molecular formula is C17H24N6O2. The van der Waals surface area contributed by atoms with E-state index in [1.807, 2.05) is 6.92 Å². The first-order chi connectivity index (χ1) is 12.3. The normalized spacial score (nSPS) is 19.4. The van der Waals surface area contributed by atoms with E-state index in [0.717, 1.165) is 82.3 Å². The van der Waals surface area contributed by atoms with Crippen molar-refractivity contribution in [2.75, 3.05) is 62.3 Å². The van der Waals surface area contributed by atoms with Crippen molar-refractivity contribution >= 4 is 11.6 Å². The van der Waals surface area contributed by atoms with Crippen molar-refractivity contribution in [3.63, 3.8) is 0 Å². The first-order valence-corrected chi connectivity index (χ1v) is 8.81. The molecule has 2 fully saturated rings. The molecule has 2 aromatic heterocycles. The Bertz CT molecular complexity index is 692. The number of hydrogen-bond acceptors (Lipinski definition) is 8. The van der Waals surface area contributed by atoms with E-state index in [9.17, 15) is 0 Å². The molecule has 0 bridgehead atoms. The van der Waals surface area contributed by atoms with Crippen molar-refractivity contribution in [2.24, 2.45) is 0 Å². The second kappa shape index (κ2) is 7.37. The van der Waals surface area contributed by atoms with Gasteiger partial charge in [0.15, 0.2) is 0 Å². The van der Waals surface area contributed by atoms with Crippen LogP contribution in [0.15, 0.2) is 23.0 Å². The molecule has 4 heterocycles. The number of morpholine rings is 1. The zero-order valence-corrected chi connectivity index (χ0v) is 14.6. The van der Waals surface area contributed by atoms with Crippen LogP contribution in [0, 0.1) is 6.92 Å². The average Bonchev–Trinajstić information content (AvgIpc) is 3.08. The van der Waals surface area contributed by atoms with Gasteiger partial charge < -0.3 is 19.0 Å². The molecule has 0 aliphatic carbocycles. The Hall–Kier alpha value is -2.19. The van der Waals surface area contributed by atoms with Crippen LogP contribution in [0.1, 0.15) is 11.7 Å². The number of aromatic nitrogens is 3. The van der Waals surface area contributed by atoms with Gasteiger partial charge in [0, 0.05) is 45.3 Å². The third-order valence-corrected chi connectivity index (χ3v) is 4.70. The quantitative estimate of drug-likeness (QED) is 0.811. The van der Waals surface area contributed by atoms with Crippen LogP contribution in [0.25, 0.3) is 0 Å². The van der Waals surface area contributed by atoms with Crippen molar-refractivity contribution < 1.29 is 9.15 Å². The predicted molar refractivity (Wildman–Crippen MR) is 93.8 cm³/mol. The number of aryl methyl sites for hydroxylation is 1. The van der Waals surface area contributed by atoms with Crippen LogP contribution in [-0.4, -0.2) is 72.3 Å². The highest BCUT2D eigenvalue weighted by Crippen LogP contribution is 2.20. The minimum atomic E-state index is 0.762. The van der Waals surface area contributed by atoms with Gasteiger partial charge in [0.25, 0.3) is 0 Å². The fraction of sp³-hybridized carbons (Fsp3) is 0.588. The maximum atomic E-state index is 5.58. The lowest BCUT2D eigenvalue weighted by molar-refractivity contribution is 0.122. The van der Waals surface area contributed by atoms with E-state index < -0.39 is 0 Å². The van der Waals surface area contributed by atoms with Gasteiger partial charge in [-0.3, -0.25) is 4.90 Å². The van der Waals surface area contributed by atoms with Gasteiger partial charge in [0.2, 0.25) is 5.89 Å². The zero-order valence-electron chi connectivity index (χ0n) is 14.6. The topological polar surface area (TPSA) is 70.8 Å². The molecule has 8 heteroatoms. The number of oxazole rings is 1. The smallest absolute Gasteiger partial charge is 0.208 e. The monoisotopic (exact) mass is 344 g/mol. The standard InChI is InChI=1S/C17H24N6O2/c1-14-11-18-17(25-14)12-21-2-4-22(5-3-21)15-10-16(20-13-19-15)23-6-8-24-9-7-23/h10-11,13H,2-9,12H2,1H3. The summed E-state index contributed by atoms with van der Waals surface area (Å²) in [5, 5.41) is 0. The second-order valence-corrected chi connectivity index (χ2v) is 6.46. The lowest BCUT2D eigenvalue weighted by atomic mass is 10.3. The Morgan fingerprint density at radius 3 is 2.24 bits per heavy atom. The molecule has 0 spiro atoms. The van der Waals surface area contributed by atoms with E-state index in [-0.39, 0.29) is 0 Å². The van der Waals surface area contributed by atoms with E-state index >= 15 is 0 Å². The fourth-order valence-corrected chi connectivity index (χ4v) is 3.28. The van der Waals surface area contributed by atoms with Crippen molar-refractivity contribution in [2.45, 2.75) is 13.5 Å². The Labute approximate surface area is 147 Å². The van der Waals surface area contributed by atoms with Gasteiger partial charge in [-0.05, 0) is 6.92 Å². The summed E-state index contributed by atoms with van der Waals surface area (Å²) in [5.74, 6) is 3.65. The van der Waals surface area contributed by atoms with Crippen LogP contribution in [0.2, 0.25) is 0 Å². The number of anilines is 2. The molecule has 0 amide bonds. The highest BCUT2D eigenvalue weighted by atomic mass is 16.5. The number of nitrogens with zero attached hydrogens (tertiary/aromatic N) is 6. The Balaban J connectivity index is 1.35. The van der Waals surface area contributed by atoms with Crippen LogP contribution < -0.4 is 9.80 Å². The highest BCUT2D eigenvalue weighted by molar-refractivity contribution is 5.50. The van der Waals surface area contributed by atoms with Crippen LogP contribution in [0.5, 0.6) is 0 Å². The van der Waals surface area contributed by atoms with Crippen LogP contribution >= 0.6 is 0 Å². The minimum absolute atomic E-state index is 0.762. The van der Waals surface area contributed by atoms with Gasteiger partial charge in [-0.1, -0.05) is 0 Å². The summed E-state index contributed by atoms with van der Waals surface area (Å²) in [7, 11) is 0. The third-order valence-electron chi connectivity index (χ3n) is 4.70. The molecule has 0 radical (unpaired) electrons. The largest absolute Gasteiger partial charge is 0.445 e. The molecule has 134 valence electrons. The number of ether oxygens (including phenoxy) is 1. The van der Waals surface area contributed by atoms with Crippen molar-refractivity contribution in [3.8, 4) is 0 Å². The van der Waals surface area contributed by atoms with E-state index in [1.54, 1.807) is 12.5 Å². The van der Waals surface area contributed by atoms with E-state index in [4.69, 9.17) is 9.15 Å². The van der Waals surface area contributed by atoms with Gasteiger partial charge in [-0.15, -0.1) is 0 Å². The molecule has 8 nitrogen and oxygen atoms in total. The summed E-state index contributed by atoms with van der Waals surface area (Å²) in [6, 6.07) is 2.10. The molecule has 0 saturated carbocycles. The summed E-state index contributed by atoms with van der Waals surface area (Å²) in [6.07, 6.45) is 3.45. The van der Waals surface area contributed by atoms with Crippen molar-refractivity contribution in [1.82, 2.24) is 19.9 Å². The lowest BCUT2D eigenvalue weighted by Gasteiger charge is -2.35. The zero-order chi connectivity index (χ0) is 17.1. The van der Waals surface area contributed by atoms with Crippen LogP contribution in [0.4, 0.5) is 11.6 Å². The van der Waals surface area contributed by atoms with Gasteiger partial charge in [0.1, 0.15) is 23.7 Å². The summed E-state index contributed by atoms with van der Waals surface area (Å²) in [5.41, 5.74) is 0. The molecule has 2 aromatic rings. The number of hydrogen-bond donors (Lipinski definition) is 0. The van der Waals surface area contributed by atoms with Crippen LogP contribution in [0.3, 0.4) is 0 Å². The fourth-order valence-electron chi connectivity index (χ4n) is 3.28. The van der Waals surface area contributed by atoms with Crippen LogP contribution in [-0.2, 0) is 11.3 Å². The third kappa shape index (κ3) is 3.91. The second-order valence-electron chi connectivity index (χ2n) is 6.46. The molecule has 25 heavy (non-hydrogen) atoms. The molecule has 0 unspecified atom stereocenters. The lowest BCUT2D eigenvalue weighted by Crippen LogP contribution is -2.46. The Morgan fingerprint density at radius 2 is 1.60 bits per heavy atom. The molecule has 4 rings (SSSR count). The molecule has 0 aromatic carbocycles. The first kappa shape index (κ1) is 16.3. The van der Waals surface area contributed by atoms with Gasteiger partial charge in [0.05, 0.1) is 26.0 Å². The maximum absolute atomic E-state index is 5.58. The van der Waals surface area contributed by atoms with Crippen molar-refractivity contribution in [1.29, 1.82) is 0 Å². The molecule has 2 saturated heterocycles. The molecule has 2 aliphatic rings. The summed E-state index contributed by atoms with van der Waals surface area (Å²) in [6.45, 7) is 9.82. The van der Waals surface area contributed by atoms with Gasteiger partial charge in [-0.25, -0.2) is 15.0 Å². The van der Waals surface area contributed by atoms with E-state index in [1.165, 1.54) is 0 Å². The summed E-state index contributed by atoms with van der Waals surface area (Å²) >= 11 is 0. The highest BCUT2D eigenvalue weighted by Gasteiger charge is 2.21. The molecule has 2 aliphatic heterocycles. The number of piperazine rings is 1.